The van der Waals surface area contributed by atoms with E-state index in [9.17, 15) is 0 Å². The summed E-state index contributed by atoms with van der Waals surface area (Å²) in [7, 11) is 0. The molecule has 0 aliphatic carbocycles. The summed E-state index contributed by atoms with van der Waals surface area (Å²) in [6.07, 6.45) is -0.613. The average molecular weight is 542 g/mol. The molecule has 0 spiro atoms. The molecule has 0 N–H and O–H groups in total. The zero-order chi connectivity index (χ0) is 22.0. The Hall–Kier alpha value is -2.19. The van der Waals surface area contributed by atoms with Gasteiger partial charge in [0.1, 0.15) is 12.2 Å². The molecule has 4 rings (SSSR count). The molecule has 0 unspecified atom stereocenters. The third-order valence-electron chi connectivity index (χ3n) is 5.16. The first-order valence-corrected chi connectivity index (χ1v) is 12.3. The van der Waals surface area contributed by atoms with E-state index in [2.05, 4.69) is 59.0 Å². The predicted octanol–water partition coefficient (Wildman–Crippen LogP) is 6.05. The van der Waals surface area contributed by atoms with Gasteiger partial charge in [0.2, 0.25) is 0 Å². The van der Waals surface area contributed by atoms with Crippen molar-refractivity contribution in [3.8, 4) is 0 Å². The molecule has 0 bridgehead atoms. The molecule has 3 aromatic carbocycles. The molecule has 5 heteroatoms. The quantitative estimate of drug-likeness (QED) is 0.195. The van der Waals surface area contributed by atoms with Gasteiger partial charge in [-0.25, -0.2) is 0 Å². The van der Waals surface area contributed by atoms with Crippen LogP contribution in [-0.4, -0.2) is 23.2 Å². The fraction of sp³-hybridized carbons (Fsp3) is 0.259. The molecule has 1 aliphatic heterocycles. The Balaban J connectivity index is 1.46. The van der Waals surface area contributed by atoms with Crippen LogP contribution < -0.4 is 0 Å². The van der Waals surface area contributed by atoms with Crippen LogP contribution in [0, 0.1) is 0 Å². The van der Waals surface area contributed by atoms with Crippen LogP contribution >= 0.6 is 22.6 Å². The Kier molecular flexibility index (Phi) is 8.73. The van der Waals surface area contributed by atoms with Gasteiger partial charge < -0.3 is 18.9 Å². The Morgan fingerprint density at radius 2 is 1.16 bits per heavy atom. The molecule has 0 radical (unpaired) electrons. The number of benzene rings is 3. The zero-order valence-corrected chi connectivity index (χ0v) is 20.0. The average Bonchev–Trinajstić information content (AvgIpc) is 3.64. The minimum Gasteiger partial charge on any atom is -0.455 e. The van der Waals surface area contributed by atoms with Crippen molar-refractivity contribution in [3.05, 3.63) is 119 Å². The van der Waals surface area contributed by atoms with Gasteiger partial charge in [-0.2, -0.15) is 0 Å². The van der Waals surface area contributed by atoms with Crippen LogP contribution in [0.15, 0.2) is 103 Å². The Labute approximate surface area is 203 Å². The van der Waals surface area contributed by atoms with Crippen LogP contribution in [-0.2, 0) is 38.8 Å². The number of halogens is 1. The molecule has 2 atom stereocenters. The normalized spacial score (nSPS) is 14.7. The molecule has 0 fully saturated rings. The van der Waals surface area contributed by atoms with Gasteiger partial charge in [-0.15, -0.1) is 0 Å². The Morgan fingerprint density at radius 1 is 0.656 bits per heavy atom. The molecule has 32 heavy (non-hydrogen) atoms. The van der Waals surface area contributed by atoms with Crippen LogP contribution in [0.3, 0.4) is 0 Å². The van der Waals surface area contributed by atoms with Crippen molar-refractivity contribution in [2.45, 2.75) is 32.0 Å². The number of ether oxygens (including phenoxy) is 4. The molecule has 1 heterocycles. The summed E-state index contributed by atoms with van der Waals surface area (Å²) in [5, 5.41) is 0. The molecular weight excluding hydrogens is 515 g/mol. The van der Waals surface area contributed by atoms with E-state index < -0.39 is 0 Å². The number of rotatable bonds is 13. The Morgan fingerprint density at radius 3 is 1.66 bits per heavy atom. The summed E-state index contributed by atoms with van der Waals surface area (Å²) in [4.78, 5) is 0. The summed E-state index contributed by atoms with van der Waals surface area (Å²) in [6, 6.07) is 30.5. The molecular formula is C27H27IO4. The lowest BCUT2D eigenvalue weighted by Crippen LogP contribution is -2.35. The van der Waals surface area contributed by atoms with Crippen LogP contribution in [0.25, 0.3) is 0 Å². The lowest BCUT2D eigenvalue weighted by Gasteiger charge is -2.25. The standard InChI is InChI=1S/C27H27IO4/c28-16-24-27(32-24)26(31-19-23-14-8-3-9-15-23)25(30-18-22-12-6-2-7-13-22)20-29-17-21-10-4-1-5-11-21/h1-15,25-26H,16-20H2/t25-,26-/m1/s1. The highest BCUT2D eigenvalue weighted by Gasteiger charge is 2.39. The van der Waals surface area contributed by atoms with Gasteiger partial charge in [-0.1, -0.05) is 114 Å². The zero-order valence-electron chi connectivity index (χ0n) is 17.9. The SMILES string of the molecule is ICC1=C([C@H](OCc2ccccc2)[C@@H](COCc2ccccc2)OCc2ccccc2)O1. The van der Waals surface area contributed by atoms with Gasteiger partial charge in [0.15, 0.2) is 11.5 Å². The maximum absolute atomic E-state index is 6.35. The van der Waals surface area contributed by atoms with Crippen molar-refractivity contribution in [2.24, 2.45) is 0 Å². The highest BCUT2D eigenvalue weighted by Crippen LogP contribution is 2.35. The fourth-order valence-electron chi connectivity index (χ4n) is 3.40. The van der Waals surface area contributed by atoms with E-state index >= 15 is 0 Å². The van der Waals surface area contributed by atoms with Crippen molar-refractivity contribution >= 4 is 22.6 Å². The van der Waals surface area contributed by atoms with Crippen molar-refractivity contribution in [1.29, 1.82) is 0 Å². The predicted molar refractivity (Wildman–Crippen MR) is 133 cm³/mol. The molecule has 0 aromatic heterocycles. The molecule has 1 aliphatic rings. The van der Waals surface area contributed by atoms with E-state index in [1.807, 2.05) is 54.6 Å². The van der Waals surface area contributed by atoms with E-state index in [1.54, 1.807) is 0 Å². The summed E-state index contributed by atoms with van der Waals surface area (Å²) >= 11 is 2.31. The maximum atomic E-state index is 6.35. The topological polar surface area (TPSA) is 40.2 Å². The Bertz CT molecular complexity index is 976. The fourth-order valence-corrected chi connectivity index (χ4v) is 3.93. The first-order chi connectivity index (χ1) is 15.8. The van der Waals surface area contributed by atoms with E-state index in [-0.39, 0.29) is 12.2 Å². The van der Waals surface area contributed by atoms with Crippen molar-refractivity contribution in [3.63, 3.8) is 0 Å². The van der Waals surface area contributed by atoms with Crippen molar-refractivity contribution in [2.75, 3.05) is 11.0 Å². The van der Waals surface area contributed by atoms with Gasteiger partial charge in [0, 0.05) is 0 Å². The van der Waals surface area contributed by atoms with Crippen LogP contribution in [0.1, 0.15) is 16.7 Å². The largest absolute Gasteiger partial charge is 0.455 e. The molecule has 3 aromatic rings. The van der Waals surface area contributed by atoms with Gasteiger partial charge in [-0.3, -0.25) is 0 Å². The number of hydrogen-bond donors (Lipinski definition) is 0. The number of allylic oxidation sites excluding steroid dienone is 1. The second-order valence-electron chi connectivity index (χ2n) is 7.58. The smallest absolute Gasteiger partial charge is 0.174 e. The minimum atomic E-state index is -0.320. The van der Waals surface area contributed by atoms with E-state index in [4.69, 9.17) is 18.9 Å². The summed E-state index contributed by atoms with van der Waals surface area (Å²) in [5.41, 5.74) is 3.36. The molecule has 0 saturated heterocycles. The molecule has 166 valence electrons. The van der Waals surface area contributed by atoms with Gasteiger partial charge in [0.05, 0.1) is 30.9 Å². The third-order valence-corrected chi connectivity index (χ3v) is 5.85. The summed E-state index contributed by atoms with van der Waals surface area (Å²) < 4.78 is 25.3. The summed E-state index contributed by atoms with van der Waals surface area (Å²) in [6.45, 7) is 1.90. The highest BCUT2D eigenvalue weighted by atomic mass is 127. The van der Waals surface area contributed by atoms with Crippen molar-refractivity contribution in [1.82, 2.24) is 0 Å². The second-order valence-corrected chi connectivity index (χ2v) is 8.34. The maximum Gasteiger partial charge on any atom is 0.174 e. The lowest BCUT2D eigenvalue weighted by molar-refractivity contribution is -0.107. The number of alkyl halides is 1. The van der Waals surface area contributed by atoms with Crippen LogP contribution in [0.2, 0.25) is 0 Å². The lowest BCUT2D eigenvalue weighted by atomic mass is 10.1. The second kappa shape index (κ2) is 12.2. The van der Waals surface area contributed by atoms with Crippen LogP contribution in [0.4, 0.5) is 0 Å². The first-order valence-electron chi connectivity index (χ1n) is 10.7. The monoisotopic (exact) mass is 542 g/mol. The van der Waals surface area contributed by atoms with E-state index in [1.165, 1.54) is 0 Å². The van der Waals surface area contributed by atoms with Crippen molar-refractivity contribution < 1.29 is 18.9 Å². The first kappa shape index (κ1) is 23.0. The van der Waals surface area contributed by atoms with E-state index in [0.717, 1.165) is 32.6 Å². The molecule has 0 saturated carbocycles. The van der Waals surface area contributed by atoms with Crippen LogP contribution in [0.5, 0.6) is 0 Å². The molecule has 0 amide bonds. The van der Waals surface area contributed by atoms with Gasteiger partial charge in [0.25, 0.3) is 0 Å². The third kappa shape index (κ3) is 6.90. The molecule has 4 nitrogen and oxygen atoms in total. The van der Waals surface area contributed by atoms with Gasteiger partial charge >= 0.3 is 0 Å². The van der Waals surface area contributed by atoms with E-state index in [0.29, 0.717) is 26.4 Å². The minimum absolute atomic E-state index is 0.293. The van der Waals surface area contributed by atoms with Gasteiger partial charge in [-0.05, 0) is 16.7 Å². The summed E-state index contributed by atoms with van der Waals surface area (Å²) in [5.74, 6) is 1.84. The number of hydrogen-bond acceptors (Lipinski definition) is 4. The highest BCUT2D eigenvalue weighted by molar-refractivity contribution is 14.1.